The SMILES string of the molecule is CCC(C)(O)C(=O)CCC(C=O)NC(=O)OC(C)(C)C. The molecule has 0 aliphatic carbocycles. The van der Waals surface area contributed by atoms with Crippen LogP contribution in [-0.4, -0.2) is 40.5 Å². The molecule has 6 heteroatoms. The Labute approximate surface area is 119 Å². The quantitative estimate of drug-likeness (QED) is 0.694. The summed E-state index contributed by atoms with van der Waals surface area (Å²) in [5.74, 6) is -0.349. The van der Waals surface area contributed by atoms with Gasteiger partial charge >= 0.3 is 6.09 Å². The molecule has 0 saturated heterocycles. The van der Waals surface area contributed by atoms with Gasteiger partial charge < -0.3 is 20.0 Å². The third kappa shape index (κ3) is 7.23. The van der Waals surface area contributed by atoms with Gasteiger partial charge in [0.15, 0.2) is 5.78 Å². The van der Waals surface area contributed by atoms with E-state index in [0.29, 0.717) is 12.7 Å². The minimum atomic E-state index is -1.39. The molecule has 116 valence electrons. The number of hydrogen-bond donors (Lipinski definition) is 2. The number of alkyl carbamates (subject to hydrolysis) is 1. The minimum Gasteiger partial charge on any atom is -0.444 e. The maximum atomic E-state index is 11.7. The van der Waals surface area contributed by atoms with Crippen molar-refractivity contribution < 1.29 is 24.2 Å². The molecule has 20 heavy (non-hydrogen) atoms. The molecule has 0 aromatic rings. The molecule has 2 atom stereocenters. The number of amides is 1. The third-order valence-electron chi connectivity index (χ3n) is 2.84. The molecule has 0 aliphatic rings. The van der Waals surface area contributed by atoms with Gasteiger partial charge in [-0.25, -0.2) is 4.79 Å². The van der Waals surface area contributed by atoms with Crippen molar-refractivity contribution in [3.8, 4) is 0 Å². The van der Waals surface area contributed by atoms with Crippen molar-refractivity contribution in [2.24, 2.45) is 0 Å². The number of ketones is 1. The number of Topliss-reactive ketones (excluding diaryl/α,β-unsaturated/α-hetero) is 1. The molecule has 0 saturated carbocycles. The van der Waals surface area contributed by atoms with Gasteiger partial charge in [-0.3, -0.25) is 4.79 Å². The van der Waals surface area contributed by atoms with Gasteiger partial charge in [0.25, 0.3) is 0 Å². The van der Waals surface area contributed by atoms with Crippen molar-refractivity contribution in [1.29, 1.82) is 0 Å². The van der Waals surface area contributed by atoms with Crippen LogP contribution in [0.15, 0.2) is 0 Å². The van der Waals surface area contributed by atoms with Crippen LogP contribution in [0, 0.1) is 0 Å². The number of nitrogens with one attached hydrogen (secondary N) is 1. The lowest BCUT2D eigenvalue weighted by Gasteiger charge is -2.22. The second-order valence-electron chi connectivity index (χ2n) is 5.98. The summed E-state index contributed by atoms with van der Waals surface area (Å²) in [5, 5.41) is 12.1. The molecule has 0 bridgehead atoms. The van der Waals surface area contributed by atoms with Crippen molar-refractivity contribution in [2.45, 2.75) is 71.1 Å². The van der Waals surface area contributed by atoms with Crippen LogP contribution in [0.3, 0.4) is 0 Å². The molecule has 0 aliphatic heterocycles. The predicted molar refractivity (Wildman–Crippen MR) is 74.4 cm³/mol. The molecule has 0 aromatic carbocycles. The van der Waals surface area contributed by atoms with Crippen LogP contribution in [0.5, 0.6) is 0 Å². The van der Waals surface area contributed by atoms with Gasteiger partial charge in [0.05, 0.1) is 6.04 Å². The highest BCUT2D eigenvalue weighted by Gasteiger charge is 2.28. The molecule has 2 unspecified atom stereocenters. The molecule has 0 radical (unpaired) electrons. The van der Waals surface area contributed by atoms with Crippen molar-refractivity contribution in [3.05, 3.63) is 0 Å². The number of carbonyl (C=O) groups excluding carboxylic acids is 3. The molecular weight excluding hydrogens is 262 g/mol. The number of carbonyl (C=O) groups is 3. The van der Waals surface area contributed by atoms with E-state index in [0.717, 1.165) is 0 Å². The number of aldehydes is 1. The van der Waals surface area contributed by atoms with Crippen LogP contribution >= 0.6 is 0 Å². The van der Waals surface area contributed by atoms with Crippen molar-refractivity contribution in [3.63, 3.8) is 0 Å². The summed E-state index contributed by atoms with van der Waals surface area (Å²) in [7, 11) is 0. The van der Waals surface area contributed by atoms with Gasteiger partial charge in [0, 0.05) is 6.42 Å². The van der Waals surface area contributed by atoms with E-state index >= 15 is 0 Å². The number of rotatable bonds is 7. The average molecular weight is 287 g/mol. The molecule has 0 spiro atoms. The Kier molecular flexibility index (Phi) is 6.85. The molecule has 1 amide bonds. The Morgan fingerprint density at radius 2 is 1.85 bits per heavy atom. The van der Waals surface area contributed by atoms with Crippen LogP contribution in [0.4, 0.5) is 4.79 Å². The summed E-state index contributed by atoms with van der Waals surface area (Å²) < 4.78 is 5.02. The fourth-order valence-electron chi connectivity index (χ4n) is 1.39. The Balaban J connectivity index is 4.34. The molecule has 2 N–H and O–H groups in total. The number of aliphatic hydroxyl groups is 1. The third-order valence-corrected chi connectivity index (χ3v) is 2.84. The standard InChI is InChI=1S/C14H25NO5/c1-6-14(5,19)11(17)8-7-10(9-16)15-12(18)20-13(2,3)4/h9-10,19H,6-8H2,1-5H3,(H,15,18). The highest BCUT2D eigenvalue weighted by Crippen LogP contribution is 2.14. The van der Waals surface area contributed by atoms with E-state index in [-0.39, 0.29) is 18.6 Å². The van der Waals surface area contributed by atoms with E-state index in [2.05, 4.69) is 5.32 Å². The summed E-state index contributed by atoms with van der Waals surface area (Å²) in [4.78, 5) is 34.1. The maximum Gasteiger partial charge on any atom is 0.408 e. The molecule has 0 rings (SSSR count). The first kappa shape index (κ1) is 18.6. The molecule has 6 nitrogen and oxygen atoms in total. The lowest BCUT2D eigenvalue weighted by atomic mass is 9.93. The van der Waals surface area contributed by atoms with Crippen LogP contribution in [0.25, 0.3) is 0 Å². The summed E-state index contributed by atoms with van der Waals surface area (Å²) in [6.07, 6.45) is 0.302. The van der Waals surface area contributed by atoms with E-state index in [9.17, 15) is 19.5 Å². The van der Waals surface area contributed by atoms with Crippen molar-refractivity contribution >= 4 is 18.2 Å². The fraction of sp³-hybridized carbons (Fsp3) is 0.786. The summed E-state index contributed by atoms with van der Waals surface area (Å²) in [6.45, 7) is 8.28. The minimum absolute atomic E-state index is 0.0139. The first-order chi connectivity index (χ1) is 9.01. The van der Waals surface area contributed by atoms with Crippen LogP contribution < -0.4 is 5.32 Å². The van der Waals surface area contributed by atoms with Crippen LogP contribution in [0.2, 0.25) is 0 Å². The van der Waals surface area contributed by atoms with Crippen LogP contribution in [0.1, 0.15) is 53.9 Å². The number of ether oxygens (including phenoxy) is 1. The Bertz CT molecular complexity index is 357. The zero-order chi connectivity index (χ0) is 16.0. The molecular formula is C14H25NO5. The lowest BCUT2D eigenvalue weighted by molar-refractivity contribution is -0.136. The molecule has 0 heterocycles. The maximum absolute atomic E-state index is 11.7. The van der Waals surface area contributed by atoms with Gasteiger partial charge in [-0.05, 0) is 40.5 Å². The van der Waals surface area contributed by atoms with Gasteiger partial charge in [-0.2, -0.15) is 0 Å². The predicted octanol–water partition coefficient (Wildman–Crippen LogP) is 1.59. The van der Waals surface area contributed by atoms with Crippen molar-refractivity contribution in [2.75, 3.05) is 0 Å². The monoisotopic (exact) mass is 287 g/mol. The van der Waals surface area contributed by atoms with Gasteiger partial charge in [0.2, 0.25) is 0 Å². The smallest absolute Gasteiger partial charge is 0.408 e. The Hall–Kier alpha value is -1.43. The van der Waals surface area contributed by atoms with E-state index in [4.69, 9.17) is 4.74 Å². The normalized spacial score (nSPS) is 15.9. The molecule has 0 fully saturated rings. The second-order valence-corrected chi connectivity index (χ2v) is 5.98. The van der Waals surface area contributed by atoms with E-state index in [1.807, 2.05) is 0 Å². The second kappa shape index (κ2) is 7.38. The van der Waals surface area contributed by atoms with E-state index < -0.39 is 23.3 Å². The summed E-state index contributed by atoms with van der Waals surface area (Å²) >= 11 is 0. The lowest BCUT2D eigenvalue weighted by Crippen LogP contribution is -2.41. The largest absolute Gasteiger partial charge is 0.444 e. The van der Waals surface area contributed by atoms with E-state index in [1.54, 1.807) is 27.7 Å². The van der Waals surface area contributed by atoms with Crippen LogP contribution in [-0.2, 0) is 14.3 Å². The topological polar surface area (TPSA) is 92.7 Å². The summed E-state index contributed by atoms with van der Waals surface area (Å²) in [6, 6.07) is -0.804. The zero-order valence-electron chi connectivity index (χ0n) is 12.9. The summed E-state index contributed by atoms with van der Waals surface area (Å²) in [5.41, 5.74) is -2.04. The highest BCUT2D eigenvalue weighted by molar-refractivity contribution is 5.87. The fourth-order valence-corrected chi connectivity index (χ4v) is 1.39. The first-order valence-corrected chi connectivity index (χ1v) is 6.72. The van der Waals surface area contributed by atoms with Gasteiger partial charge in [0.1, 0.15) is 17.5 Å². The Morgan fingerprint density at radius 3 is 2.25 bits per heavy atom. The van der Waals surface area contributed by atoms with Gasteiger partial charge in [-0.1, -0.05) is 6.92 Å². The number of hydrogen-bond acceptors (Lipinski definition) is 5. The van der Waals surface area contributed by atoms with E-state index in [1.165, 1.54) is 6.92 Å². The van der Waals surface area contributed by atoms with Crippen molar-refractivity contribution in [1.82, 2.24) is 5.32 Å². The Morgan fingerprint density at radius 1 is 1.30 bits per heavy atom. The van der Waals surface area contributed by atoms with Gasteiger partial charge in [-0.15, -0.1) is 0 Å². The molecule has 0 aromatic heterocycles. The average Bonchev–Trinajstić information content (AvgIpc) is 2.31. The highest BCUT2D eigenvalue weighted by atomic mass is 16.6. The zero-order valence-corrected chi connectivity index (χ0v) is 12.9. The first-order valence-electron chi connectivity index (χ1n) is 6.72.